The summed E-state index contributed by atoms with van der Waals surface area (Å²) in [5.74, 6) is -0.228. The van der Waals surface area contributed by atoms with Gasteiger partial charge in [0.15, 0.2) is 5.82 Å². The Morgan fingerprint density at radius 2 is 1.79 bits per heavy atom. The largest absolute Gasteiger partial charge is 0.416 e. The molecule has 0 spiro atoms. The van der Waals surface area contributed by atoms with Crippen molar-refractivity contribution in [3.63, 3.8) is 0 Å². The Kier molecular flexibility index (Phi) is 4.51. The van der Waals surface area contributed by atoms with Crippen LogP contribution in [0, 0.1) is 19.7 Å². The summed E-state index contributed by atoms with van der Waals surface area (Å²) in [6.07, 6.45) is -4.10. The number of aryl methyl sites for hydroxylation is 2. The first-order valence-corrected chi connectivity index (χ1v) is 8.93. The zero-order chi connectivity index (χ0) is 20.9. The highest BCUT2D eigenvalue weighted by Gasteiger charge is 2.33. The van der Waals surface area contributed by atoms with E-state index in [1.165, 1.54) is 0 Å². The Morgan fingerprint density at radius 1 is 1.10 bits per heavy atom. The predicted octanol–water partition coefficient (Wildman–Crippen LogP) is 4.23. The lowest BCUT2D eigenvalue weighted by molar-refractivity contribution is -0.137. The van der Waals surface area contributed by atoms with E-state index in [0.717, 1.165) is 6.07 Å². The number of carbonyl (C=O) groups is 1. The molecule has 1 fully saturated rings. The van der Waals surface area contributed by atoms with Gasteiger partial charge in [0.25, 0.3) is 5.89 Å². The van der Waals surface area contributed by atoms with E-state index >= 15 is 0 Å². The number of hydrogen-bond acceptors (Lipinski definition) is 6. The minimum atomic E-state index is -4.70. The summed E-state index contributed by atoms with van der Waals surface area (Å²) in [6.45, 7) is 3.90. The highest BCUT2D eigenvalue weighted by Crippen LogP contribution is 2.40. The highest BCUT2D eigenvalue weighted by molar-refractivity contribution is 5.93. The van der Waals surface area contributed by atoms with Gasteiger partial charge in [-0.2, -0.15) is 18.2 Å². The summed E-state index contributed by atoms with van der Waals surface area (Å²) in [5, 5.41) is 3.76. The second kappa shape index (κ2) is 6.78. The van der Waals surface area contributed by atoms with Crippen molar-refractivity contribution >= 4 is 22.5 Å². The highest BCUT2D eigenvalue weighted by atomic mass is 19.4. The standard InChI is InChI=1S/C19H16F4N4O2/c1-9-13-7-11(19(21,22)23)8-14(20)16(13)25-17(27-5-3-12(28)4-6-27)15(9)18-24-10(2)26-29-18/h7-8H,3-6H2,1-2H3. The van der Waals surface area contributed by atoms with Crippen molar-refractivity contribution in [3.8, 4) is 11.5 Å². The number of alkyl halides is 3. The lowest BCUT2D eigenvalue weighted by atomic mass is 9.99. The number of rotatable bonds is 2. The van der Waals surface area contributed by atoms with E-state index in [-0.39, 0.29) is 22.6 Å². The van der Waals surface area contributed by atoms with Crippen molar-refractivity contribution in [1.82, 2.24) is 15.1 Å². The first-order chi connectivity index (χ1) is 13.6. The summed E-state index contributed by atoms with van der Waals surface area (Å²) in [6, 6.07) is 1.31. The predicted molar refractivity (Wildman–Crippen MR) is 95.9 cm³/mol. The summed E-state index contributed by atoms with van der Waals surface area (Å²) >= 11 is 0. The summed E-state index contributed by atoms with van der Waals surface area (Å²) in [7, 11) is 0. The molecule has 1 aliphatic heterocycles. The van der Waals surface area contributed by atoms with Crippen molar-refractivity contribution in [2.75, 3.05) is 18.0 Å². The summed E-state index contributed by atoms with van der Waals surface area (Å²) < 4.78 is 59.4. The minimum absolute atomic E-state index is 0.0139. The van der Waals surface area contributed by atoms with Gasteiger partial charge in [-0.15, -0.1) is 0 Å². The van der Waals surface area contributed by atoms with Crippen molar-refractivity contribution < 1.29 is 26.9 Å². The molecule has 3 heterocycles. The number of ketones is 1. The first-order valence-electron chi connectivity index (χ1n) is 8.93. The maximum Gasteiger partial charge on any atom is 0.416 e. The Hall–Kier alpha value is -3.04. The zero-order valence-corrected chi connectivity index (χ0v) is 15.6. The Bertz CT molecular complexity index is 1110. The van der Waals surface area contributed by atoms with E-state index in [1.54, 1.807) is 18.7 Å². The molecule has 6 nitrogen and oxygen atoms in total. The molecule has 0 saturated carbocycles. The van der Waals surface area contributed by atoms with Crippen LogP contribution in [0.2, 0.25) is 0 Å². The lowest BCUT2D eigenvalue weighted by Gasteiger charge is -2.29. The van der Waals surface area contributed by atoms with E-state index in [2.05, 4.69) is 15.1 Å². The number of pyridine rings is 1. The number of aromatic nitrogens is 3. The summed E-state index contributed by atoms with van der Waals surface area (Å²) in [5.41, 5.74) is -0.597. The fourth-order valence-electron chi connectivity index (χ4n) is 3.48. The third-order valence-corrected chi connectivity index (χ3v) is 4.97. The van der Waals surface area contributed by atoms with Crippen molar-refractivity contribution in [2.24, 2.45) is 0 Å². The van der Waals surface area contributed by atoms with Gasteiger partial charge in [-0.25, -0.2) is 9.37 Å². The molecule has 10 heteroatoms. The second-order valence-electron chi connectivity index (χ2n) is 6.96. The number of carbonyl (C=O) groups excluding carboxylic acids is 1. The van der Waals surface area contributed by atoms with Gasteiger partial charge in [-0.05, 0) is 31.5 Å². The van der Waals surface area contributed by atoms with E-state index < -0.39 is 17.6 Å². The van der Waals surface area contributed by atoms with Gasteiger partial charge in [0.05, 0.1) is 11.1 Å². The molecule has 29 heavy (non-hydrogen) atoms. The van der Waals surface area contributed by atoms with Crippen LogP contribution in [0.5, 0.6) is 0 Å². The molecule has 152 valence electrons. The van der Waals surface area contributed by atoms with Crippen molar-refractivity contribution in [1.29, 1.82) is 0 Å². The number of fused-ring (bicyclic) bond motifs is 1. The number of nitrogens with zero attached hydrogens (tertiary/aromatic N) is 4. The van der Waals surface area contributed by atoms with Crippen LogP contribution in [0.25, 0.3) is 22.4 Å². The second-order valence-corrected chi connectivity index (χ2v) is 6.96. The Morgan fingerprint density at radius 3 is 2.38 bits per heavy atom. The topological polar surface area (TPSA) is 72.1 Å². The van der Waals surface area contributed by atoms with Crippen LogP contribution in [0.4, 0.5) is 23.4 Å². The molecule has 0 N–H and O–H groups in total. The monoisotopic (exact) mass is 408 g/mol. The van der Waals surface area contributed by atoms with Gasteiger partial charge in [-0.3, -0.25) is 4.79 Å². The smallest absolute Gasteiger partial charge is 0.355 e. The molecule has 1 aromatic carbocycles. The van der Waals surface area contributed by atoms with Crippen LogP contribution < -0.4 is 4.90 Å². The lowest BCUT2D eigenvalue weighted by Crippen LogP contribution is -2.35. The molecule has 2 aromatic heterocycles. The van der Waals surface area contributed by atoms with Crippen LogP contribution in [0.1, 0.15) is 29.8 Å². The number of anilines is 1. The molecule has 0 aliphatic carbocycles. The number of hydrogen-bond donors (Lipinski definition) is 0. The van der Waals surface area contributed by atoms with Crippen LogP contribution in [-0.4, -0.2) is 34.0 Å². The SMILES string of the molecule is Cc1noc(-c2c(N3CCC(=O)CC3)nc3c(F)cc(C(F)(F)F)cc3c2C)n1. The average molecular weight is 408 g/mol. The quantitative estimate of drug-likeness (QED) is 0.591. The first kappa shape index (κ1) is 19.3. The van der Waals surface area contributed by atoms with Gasteiger partial charge >= 0.3 is 6.18 Å². The summed E-state index contributed by atoms with van der Waals surface area (Å²) in [4.78, 5) is 21.9. The minimum Gasteiger partial charge on any atom is -0.355 e. The Balaban J connectivity index is 2.00. The van der Waals surface area contributed by atoms with Gasteiger partial charge in [0.1, 0.15) is 22.9 Å². The molecule has 0 atom stereocenters. The Labute approximate surface area is 162 Å². The van der Waals surface area contributed by atoms with Gasteiger partial charge < -0.3 is 9.42 Å². The molecule has 4 rings (SSSR count). The molecule has 1 saturated heterocycles. The van der Waals surface area contributed by atoms with E-state index in [1.807, 2.05) is 0 Å². The third-order valence-electron chi connectivity index (χ3n) is 4.97. The third kappa shape index (κ3) is 3.43. The van der Waals surface area contributed by atoms with Crippen LogP contribution in [0.15, 0.2) is 16.7 Å². The molecular weight excluding hydrogens is 392 g/mol. The molecule has 0 unspecified atom stereocenters. The average Bonchev–Trinajstić information content (AvgIpc) is 3.07. The normalized spacial score (nSPS) is 15.4. The molecule has 3 aromatic rings. The van der Waals surface area contributed by atoms with Crippen molar-refractivity contribution in [2.45, 2.75) is 32.9 Å². The van der Waals surface area contributed by atoms with E-state index in [9.17, 15) is 22.4 Å². The fraction of sp³-hybridized carbons (Fsp3) is 0.368. The van der Waals surface area contributed by atoms with Gasteiger partial charge in [0, 0.05) is 31.3 Å². The molecular formula is C19H16F4N4O2. The zero-order valence-electron chi connectivity index (χ0n) is 15.6. The van der Waals surface area contributed by atoms with Crippen LogP contribution >= 0.6 is 0 Å². The van der Waals surface area contributed by atoms with Gasteiger partial charge in [-0.1, -0.05) is 5.16 Å². The van der Waals surface area contributed by atoms with Crippen molar-refractivity contribution in [3.05, 3.63) is 34.9 Å². The maximum absolute atomic E-state index is 14.6. The van der Waals surface area contributed by atoms with E-state index in [0.29, 0.717) is 54.8 Å². The number of benzene rings is 1. The van der Waals surface area contributed by atoms with Crippen LogP contribution in [0.3, 0.4) is 0 Å². The molecule has 0 bridgehead atoms. The number of piperidine rings is 1. The fourth-order valence-corrected chi connectivity index (χ4v) is 3.48. The molecule has 1 aliphatic rings. The van der Waals surface area contributed by atoms with Gasteiger partial charge in [0.2, 0.25) is 0 Å². The number of halogens is 4. The van der Waals surface area contributed by atoms with E-state index in [4.69, 9.17) is 4.52 Å². The maximum atomic E-state index is 14.6. The van der Waals surface area contributed by atoms with Crippen LogP contribution in [-0.2, 0) is 11.0 Å². The molecule has 0 amide bonds. The molecule has 0 radical (unpaired) electrons. The number of Topliss-reactive ketones (excluding diaryl/α,β-unsaturated/α-hetero) is 1.